The maximum absolute atomic E-state index is 12.6. The van der Waals surface area contributed by atoms with E-state index in [1.165, 1.54) is 17.8 Å². The average molecular weight is 508 g/mol. The number of piperazine rings is 1. The molecule has 0 radical (unpaired) electrons. The minimum absolute atomic E-state index is 0.151. The van der Waals surface area contributed by atoms with Gasteiger partial charge in [0.25, 0.3) is 0 Å². The first kappa shape index (κ1) is 26.6. The highest BCUT2D eigenvalue weighted by Gasteiger charge is 2.31. The van der Waals surface area contributed by atoms with Gasteiger partial charge in [-0.2, -0.15) is 4.31 Å². The molecule has 2 heterocycles. The second-order valence-electron chi connectivity index (χ2n) is 9.06. The van der Waals surface area contributed by atoms with Crippen molar-refractivity contribution in [2.24, 2.45) is 0 Å². The van der Waals surface area contributed by atoms with Crippen LogP contribution in [0.3, 0.4) is 0 Å². The van der Waals surface area contributed by atoms with E-state index in [-0.39, 0.29) is 5.75 Å². The fraction of sp³-hybridized carbons (Fsp3) is 0.522. The molecule has 0 bridgehead atoms. The zero-order valence-electron chi connectivity index (χ0n) is 20.5. The summed E-state index contributed by atoms with van der Waals surface area (Å²) in [5, 5.41) is 5.35. The number of anilines is 1. The van der Waals surface area contributed by atoms with E-state index >= 15 is 0 Å². The number of methoxy groups -OCH3 is 1. The smallest absolute Gasteiger partial charge is 0.313 e. The number of hydrogen-bond acceptors (Lipinski definition) is 8. The number of sulfonamides is 1. The molecule has 0 unspecified atom stereocenters. The molecule has 0 spiro atoms. The van der Waals surface area contributed by atoms with Crippen molar-refractivity contribution in [1.29, 1.82) is 0 Å². The van der Waals surface area contributed by atoms with Gasteiger partial charge in [-0.25, -0.2) is 13.4 Å². The van der Waals surface area contributed by atoms with E-state index in [2.05, 4.69) is 20.5 Å². The van der Waals surface area contributed by atoms with Gasteiger partial charge < -0.3 is 19.8 Å². The van der Waals surface area contributed by atoms with Crippen LogP contribution in [0.1, 0.15) is 27.2 Å². The Hall–Kier alpha value is -2.96. The lowest BCUT2D eigenvalue weighted by Gasteiger charge is -2.38. The number of aromatic nitrogens is 1. The molecule has 0 atom stereocenters. The van der Waals surface area contributed by atoms with Gasteiger partial charge in [0.05, 0.1) is 24.6 Å². The number of rotatable bonds is 9. The van der Waals surface area contributed by atoms with Crippen LogP contribution in [0, 0.1) is 0 Å². The first-order chi connectivity index (χ1) is 16.5. The number of nitrogens with zero attached hydrogens (tertiary/aromatic N) is 3. The molecule has 2 amide bonds. The normalized spacial score (nSPS) is 15.5. The van der Waals surface area contributed by atoms with Crippen LogP contribution in [0.15, 0.2) is 35.2 Å². The third-order valence-electron chi connectivity index (χ3n) is 5.62. The molecule has 192 valence electrons. The Morgan fingerprint density at radius 1 is 1.17 bits per heavy atom. The maximum Gasteiger partial charge on any atom is 0.313 e. The van der Waals surface area contributed by atoms with E-state index in [4.69, 9.17) is 9.15 Å². The number of benzene rings is 1. The minimum atomic E-state index is -3.21. The molecule has 0 aliphatic carbocycles. The first-order valence-electron chi connectivity index (χ1n) is 11.4. The zero-order chi connectivity index (χ0) is 25.6. The second-order valence-corrected chi connectivity index (χ2v) is 11.2. The molecule has 3 rings (SSSR count). The van der Waals surface area contributed by atoms with Crippen LogP contribution in [-0.2, 0) is 19.6 Å². The van der Waals surface area contributed by atoms with E-state index in [0.717, 1.165) is 0 Å². The highest BCUT2D eigenvalue weighted by Crippen LogP contribution is 2.32. The third-order valence-corrected chi connectivity index (χ3v) is 7.70. The van der Waals surface area contributed by atoms with Crippen molar-refractivity contribution in [1.82, 2.24) is 19.5 Å². The predicted molar refractivity (Wildman–Crippen MR) is 131 cm³/mol. The van der Waals surface area contributed by atoms with E-state index in [1.54, 1.807) is 24.4 Å². The van der Waals surface area contributed by atoms with E-state index in [0.29, 0.717) is 61.9 Å². The summed E-state index contributed by atoms with van der Waals surface area (Å²) in [5.74, 6) is -0.443. The summed E-state index contributed by atoms with van der Waals surface area (Å²) in [6, 6.07) is 4.94. The minimum Gasteiger partial charge on any atom is -0.496 e. The number of oxazole rings is 1. The standard InChI is InChI=1S/C23H33N5O6S/c1-5-12-35(31,32)28-10-8-27(9-11-28)15-23(2,3)26-22(30)21(29)25-17-6-7-18(19(13-17)33-4)20-14-24-16-34-20/h6-7,13-14,16H,5,8-12,15H2,1-4H3,(H,25,29)(H,26,30). The number of carbonyl (C=O) groups is 2. The van der Waals surface area contributed by atoms with Gasteiger partial charge in [-0.1, -0.05) is 6.92 Å². The molecule has 2 aromatic rings. The molecule has 12 heteroatoms. The Balaban J connectivity index is 1.54. The van der Waals surface area contributed by atoms with Crippen LogP contribution < -0.4 is 15.4 Å². The number of nitrogens with one attached hydrogen (secondary N) is 2. The predicted octanol–water partition coefficient (Wildman–Crippen LogP) is 1.54. The highest BCUT2D eigenvalue weighted by molar-refractivity contribution is 7.89. The van der Waals surface area contributed by atoms with Gasteiger partial charge in [-0.3, -0.25) is 14.5 Å². The van der Waals surface area contributed by atoms with Gasteiger partial charge >= 0.3 is 11.8 Å². The van der Waals surface area contributed by atoms with Crippen LogP contribution in [-0.4, -0.2) is 85.5 Å². The molecule has 1 fully saturated rings. The second kappa shape index (κ2) is 11.2. The van der Waals surface area contributed by atoms with Gasteiger partial charge in [-0.05, 0) is 32.4 Å². The Morgan fingerprint density at radius 2 is 1.89 bits per heavy atom. The summed E-state index contributed by atoms with van der Waals surface area (Å²) in [6.45, 7) is 7.93. The zero-order valence-corrected chi connectivity index (χ0v) is 21.4. The van der Waals surface area contributed by atoms with Gasteiger partial charge in [0.1, 0.15) is 5.75 Å². The van der Waals surface area contributed by atoms with E-state index in [9.17, 15) is 18.0 Å². The third kappa shape index (κ3) is 7.03. The number of ether oxygens (including phenoxy) is 1. The molecule has 11 nitrogen and oxygen atoms in total. The fourth-order valence-corrected chi connectivity index (χ4v) is 5.52. The molecule has 1 aromatic carbocycles. The largest absolute Gasteiger partial charge is 0.496 e. The Labute approximate surface area is 205 Å². The molecule has 35 heavy (non-hydrogen) atoms. The van der Waals surface area contributed by atoms with Crippen molar-refractivity contribution < 1.29 is 27.2 Å². The van der Waals surface area contributed by atoms with Crippen LogP contribution >= 0.6 is 0 Å². The quantitative estimate of drug-likeness (QED) is 0.488. The Bertz CT molecular complexity index is 1130. The SMILES string of the molecule is CCCS(=O)(=O)N1CCN(CC(C)(C)NC(=O)C(=O)Nc2ccc(-c3cnco3)c(OC)c2)CC1. The van der Waals surface area contributed by atoms with Crippen molar-refractivity contribution >= 4 is 27.5 Å². The van der Waals surface area contributed by atoms with Crippen molar-refractivity contribution in [2.75, 3.05) is 50.9 Å². The lowest BCUT2D eigenvalue weighted by molar-refractivity contribution is -0.137. The Kier molecular flexibility index (Phi) is 8.51. The number of carbonyl (C=O) groups excluding carboxylic acids is 2. The van der Waals surface area contributed by atoms with Crippen LogP contribution in [0.4, 0.5) is 5.69 Å². The van der Waals surface area contributed by atoms with Crippen LogP contribution in [0.5, 0.6) is 5.75 Å². The van der Waals surface area contributed by atoms with E-state index in [1.807, 2.05) is 20.8 Å². The molecule has 1 saturated heterocycles. The molecule has 0 saturated carbocycles. The lowest BCUT2D eigenvalue weighted by atomic mass is 10.0. The van der Waals surface area contributed by atoms with Crippen molar-refractivity contribution in [3.63, 3.8) is 0 Å². The van der Waals surface area contributed by atoms with Gasteiger partial charge in [0.2, 0.25) is 10.0 Å². The molecular formula is C23H33N5O6S. The summed E-state index contributed by atoms with van der Waals surface area (Å²) in [7, 11) is -1.72. The topological polar surface area (TPSA) is 134 Å². The van der Waals surface area contributed by atoms with Gasteiger partial charge in [0, 0.05) is 50.0 Å². The monoisotopic (exact) mass is 507 g/mol. The van der Waals surface area contributed by atoms with Crippen LogP contribution in [0.2, 0.25) is 0 Å². The number of hydrogen-bond donors (Lipinski definition) is 2. The van der Waals surface area contributed by atoms with Crippen molar-refractivity contribution in [3.05, 3.63) is 30.8 Å². The first-order valence-corrected chi connectivity index (χ1v) is 13.1. The Morgan fingerprint density at radius 3 is 2.49 bits per heavy atom. The average Bonchev–Trinajstić information content (AvgIpc) is 3.33. The molecule has 1 aliphatic rings. The summed E-state index contributed by atoms with van der Waals surface area (Å²) in [5.41, 5.74) is 0.357. The van der Waals surface area contributed by atoms with Crippen LogP contribution in [0.25, 0.3) is 11.3 Å². The summed E-state index contributed by atoms with van der Waals surface area (Å²) < 4.78 is 36.7. The number of amides is 2. The molecule has 1 aromatic heterocycles. The molecular weight excluding hydrogens is 474 g/mol. The van der Waals surface area contributed by atoms with Gasteiger partial charge in [-0.15, -0.1) is 0 Å². The van der Waals surface area contributed by atoms with Gasteiger partial charge in [0.15, 0.2) is 12.2 Å². The molecule has 2 N–H and O–H groups in total. The summed E-state index contributed by atoms with van der Waals surface area (Å²) in [4.78, 5) is 31.1. The highest BCUT2D eigenvalue weighted by atomic mass is 32.2. The van der Waals surface area contributed by atoms with Crippen molar-refractivity contribution in [3.8, 4) is 17.1 Å². The maximum atomic E-state index is 12.6. The molecule has 1 aliphatic heterocycles. The van der Waals surface area contributed by atoms with E-state index < -0.39 is 27.4 Å². The summed E-state index contributed by atoms with van der Waals surface area (Å²) >= 11 is 0. The lowest BCUT2D eigenvalue weighted by Crippen LogP contribution is -2.57. The summed E-state index contributed by atoms with van der Waals surface area (Å²) in [6.07, 6.45) is 3.45. The van der Waals surface area contributed by atoms with Crippen molar-refractivity contribution in [2.45, 2.75) is 32.7 Å². The fourth-order valence-electron chi connectivity index (χ4n) is 4.02.